The standard InChI is InChI=1S/C5H10NO2PS/c1-3(7)4(2-10)6-5(8)9/h2-4,7H,9H2,1H3,(H,6,8). The monoisotopic (exact) mass is 179 g/mol. The molecule has 0 aromatic rings. The summed E-state index contributed by atoms with van der Waals surface area (Å²) in [5.41, 5.74) is -0.271. The van der Waals surface area contributed by atoms with Crippen molar-refractivity contribution in [1.29, 1.82) is 0 Å². The highest BCUT2D eigenvalue weighted by molar-refractivity contribution is 7.79. The van der Waals surface area contributed by atoms with Crippen LogP contribution >= 0.6 is 21.5 Å². The number of thiocarbonyl (C=S) groups is 1. The Bertz CT molecular complexity index is 140. The predicted molar refractivity (Wildman–Crippen MR) is 47.4 cm³/mol. The molecule has 10 heavy (non-hydrogen) atoms. The van der Waals surface area contributed by atoms with Gasteiger partial charge in [-0.3, -0.25) is 4.79 Å². The van der Waals surface area contributed by atoms with E-state index in [0.29, 0.717) is 0 Å². The van der Waals surface area contributed by atoms with E-state index in [2.05, 4.69) is 17.5 Å². The highest BCUT2D eigenvalue weighted by Crippen LogP contribution is 1.92. The number of rotatable bonds is 3. The fraction of sp³-hybridized carbons (Fsp3) is 0.600. The van der Waals surface area contributed by atoms with Crippen molar-refractivity contribution >= 4 is 32.5 Å². The molecule has 0 aromatic heterocycles. The van der Waals surface area contributed by atoms with Crippen molar-refractivity contribution in [2.45, 2.75) is 19.1 Å². The largest absolute Gasteiger partial charge is 0.391 e. The predicted octanol–water partition coefficient (Wildman–Crippen LogP) is 0.320. The maximum absolute atomic E-state index is 10.4. The lowest BCUT2D eigenvalue weighted by molar-refractivity contribution is 0.176. The third-order valence-corrected chi connectivity index (χ3v) is 1.44. The van der Waals surface area contributed by atoms with Crippen molar-refractivity contribution in [2.75, 3.05) is 0 Å². The molecule has 58 valence electrons. The number of hydrogen-bond acceptors (Lipinski definition) is 3. The van der Waals surface area contributed by atoms with Crippen LogP contribution < -0.4 is 5.32 Å². The van der Waals surface area contributed by atoms with E-state index in [1.807, 2.05) is 9.24 Å². The van der Waals surface area contributed by atoms with Gasteiger partial charge in [0.05, 0.1) is 12.1 Å². The summed E-state index contributed by atoms with van der Waals surface area (Å²) in [6.07, 6.45) is -0.637. The lowest BCUT2D eigenvalue weighted by atomic mass is 10.2. The fourth-order valence-electron chi connectivity index (χ4n) is 0.433. The zero-order valence-corrected chi connectivity index (χ0v) is 7.54. The van der Waals surface area contributed by atoms with Gasteiger partial charge < -0.3 is 10.4 Å². The highest BCUT2D eigenvalue weighted by Gasteiger charge is 2.11. The van der Waals surface area contributed by atoms with Crippen LogP contribution in [0.1, 0.15) is 6.92 Å². The van der Waals surface area contributed by atoms with Gasteiger partial charge >= 0.3 is 0 Å². The van der Waals surface area contributed by atoms with Crippen LogP contribution in [0.2, 0.25) is 0 Å². The van der Waals surface area contributed by atoms with Gasteiger partial charge in [-0.25, -0.2) is 0 Å². The molecule has 0 rings (SSSR count). The Morgan fingerprint density at radius 3 is 2.50 bits per heavy atom. The van der Waals surface area contributed by atoms with E-state index in [1.165, 1.54) is 5.37 Å². The van der Waals surface area contributed by atoms with E-state index >= 15 is 0 Å². The summed E-state index contributed by atoms with van der Waals surface area (Å²) in [4.78, 5) is 10.4. The third-order valence-electron chi connectivity index (χ3n) is 0.975. The summed E-state index contributed by atoms with van der Waals surface area (Å²) in [6.45, 7) is 1.56. The molecule has 0 spiro atoms. The maximum Gasteiger partial charge on any atom is 0.235 e. The molecule has 0 aliphatic rings. The average Bonchev–Trinajstić information content (AvgIpc) is 1.81. The van der Waals surface area contributed by atoms with E-state index in [4.69, 9.17) is 5.11 Å². The van der Waals surface area contributed by atoms with Gasteiger partial charge in [0, 0.05) is 5.37 Å². The molecule has 0 radical (unpaired) electrons. The van der Waals surface area contributed by atoms with E-state index in [0.717, 1.165) is 0 Å². The maximum atomic E-state index is 10.4. The molecule has 0 heterocycles. The van der Waals surface area contributed by atoms with Crippen LogP contribution in [0.3, 0.4) is 0 Å². The Morgan fingerprint density at radius 2 is 2.40 bits per heavy atom. The van der Waals surface area contributed by atoms with E-state index in [1.54, 1.807) is 6.92 Å². The van der Waals surface area contributed by atoms with Gasteiger partial charge in [0.2, 0.25) is 5.65 Å². The lowest BCUT2D eigenvalue weighted by Crippen LogP contribution is -2.40. The molecule has 0 aliphatic heterocycles. The summed E-state index contributed by atoms with van der Waals surface area (Å²) in [5.74, 6) is 0. The molecule has 2 N–H and O–H groups in total. The first-order valence-corrected chi connectivity index (χ1v) is 3.82. The molecule has 0 saturated heterocycles. The molecule has 3 nitrogen and oxygen atoms in total. The second kappa shape index (κ2) is 4.72. The van der Waals surface area contributed by atoms with Crippen LogP contribution in [0.15, 0.2) is 0 Å². The van der Waals surface area contributed by atoms with Gasteiger partial charge in [0.15, 0.2) is 0 Å². The van der Waals surface area contributed by atoms with Crippen LogP contribution in [0.4, 0.5) is 4.79 Å². The minimum Gasteiger partial charge on any atom is -0.391 e. The molecule has 0 saturated carbocycles. The number of aliphatic hydroxyl groups excluding tert-OH is 1. The van der Waals surface area contributed by atoms with Gasteiger partial charge in [-0.2, -0.15) is 0 Å². The van der Waals surface area contributed by atoms with Crippen LogP contribution in [0.5, 0.6) is 0 Å². The van der Waals surface area contributed by atoms with Gasteiger partial charge in [0.25, 0.3) is 0 Å². The molecule has 3 atom stereocenters. The SMILES string of the molecule is CC(O)C(C=S)NC(=O)P. The van der Waals surface area contributed by atoms with E-state index in [-0.39, 0.29) is 5.65 Å². The number of nitrogens with one attached hydrogen (secondary N) is 1. The van der Waals surface area contributed by atoms with Crippen molar-refractivity contribution in [3.63, 3.8) is 0 Å². The van der Waals surface area contributed by atoms with Gasteiger partial charge in [-0.15, -0.1) is 0 Å². The Morgan fingerprint density at radius 1 is 1.90 bits per heavy atom. The van der Waals surface area contributed by atoms with Crippen LogP contribution in [-0.2, 0) is 0 Å². The van der Waals surface area contributed by atoms with E-state index < -0.39 is 12.1 Å². The summed E-state index contributed by atoms with van der Waals surface area (Å²) in [6, 6.07) is -0.431. The van der Waals surface area contributed by atoms with Crippen molar-refractivity contribution in [1.82, 2.24) is 5.32 Å². The molecule has 1 amide bonds. The number of carbonyl (C=O) groups is 1. The molecular formula is C5H10NO2PS. The molecule has 0 fully saturated rings. The summed E-state index contributed by atoms with van der Waals surface area (Å²) < 4.78 is 0. The molecule has 0 aromatic carbocycles. The first kappa shape index (κ1) is 9.95. The molecule has 0 bridgehead atoms. The number of amides is 1. The number of hydrogen-bond donors (Lipinski definition) is 2. The second-order valence-corrected chi connectivity index (χ2v) is 2.71. The molecule has 0 aliphatic carbocycles. The first-order chi connectivity index (χ1) is 4.57. The molecular weight excluding hydrogens is 169 g/mol. The number of carbonyl (C=O) groups excluding carboxylic acids is 1. The summed E-state index contributed by atoms with van der Waals surface area (Å²) >= 11 is 4.56. The minimum atomic E-state index is -0.637. The quantitative estimate of drug-likeness (QED) is 0.484. The van der Waals surface area contributed by atoms with Crippen LogP contribution in [0.25, 0.3) is 0 Å². The van der Waals surface area contributed by atoms with Gasteiger partial charge in [-0.1, -0.05) is 12.2 Å². The zero-order chi connectivity index (χ0) is 8.15. The van der Waals surface area contributed by atoms with Gasteiger partial charge in [-0.05, 0) is 16.2 Å². The average molecular weight is 179 g/mol. The fourth-order valence-corrected chi connectivity index (χ4v) is 0.920. The highest BCUT2D eigenvalue weighted by atomic mass is 32.1. The van der Waals surface area contributed by atoms with Crippen LogP contribution in [-0.4, -0.2) is 28.3 Å². The zero-order valence-electron chi connectivity index (χ0n) is 5.57. The Hall–Kier alpha value is -0.0500. The Labute approximate surface area is 67.4 Å². The van der Waals surface area contributed by atoms with E-state index in [9.17, 15) is 4.79 Å². The van der Waals surface area contributed by atoms with Crippen molar-refractivity contribution in [2.24, 2.45) is 0 Å². The molecule has 5 heteroatoms. The third kappa shape index (κ3) is 3.88. The molecule has 3 unspecified atom stereocenters. The second-order valence-electron chi connectivity index (χ2n) is 1.91. The number of aliphatic hydroxyl groups is 1. The van der Waals surface area contributed by atoms with Crippen molar-refractivity contribution < 1.29 is 9.90 Å². The first-order valence-electron chi connectivity index (χ1n) is 2.77. The minimum absolute atomic E-state index is 0.271. The topological polar surface area (TPSA) is 49.3 Å². The summed E-state index contributed by atoms with van der Waals surface area (Å²) in [5, 5.41) is 12.7. The summed E-state index contributed by atoms with van der Waals surface area (Å²) in [7, 11) is 1.95. The normalized spacial score (nSPS) is 15.5. The Balaban J connectivity index is 3.83. The lowest BCUT2D eigenvalue weighted by Gasteiger charge is -2.14. The smallest absolute Gasteiger partial charge is 0.235 e. The van der Waals surface area contributed by atoms with Crippen LogP contribution in [0, 0.1) is 0 Å². The van der Waals surface area contributed by atoms with Crippen molar-refractivity contribution in [3.8, 4) is 0 Å². The Kier molecular flexibility index (Phi) is 4.69. The van der Waals surface area contributed by atoms with Crippen molar-refractivity contribution in [3.05, 3.63) is 0 Å². The van der Waals surface area contributed by atoms with Gasteiger partial charge in [0.1, 0.15) is 0 Å².